The Morgan fingerprint density at radius 3 is 2.18 bits per heavy atom. The van der Waals surface area contributed by atoms with E-state index in [-0.39, 0.29) is 37.8 Å². The largest absolute Gasteiger partial charge is 0.466 e. The van der Waals surface area contributed by atoms with E-state index in [9.17, 15) is 9.36 Å². The highest BCUT2D eigenvalue weighted by Crippen LogP contribution is 2.52. The van der Waals surface area contributed by atoms with Gasteiger partial charge in [0.05, 0.1) is 19.0 Å². The first-order valence-corrected chi connectivity index (χ1v) is 11.1. The molecular weight excluding hydrogens is 397 g/mol. The van der Waals surface area contributed by atoms with Gasteiger partial charge in [-0.1, -0.05) is 60.7 Å². The molecule has 0 aliphatic heterocycles. The van der Waals surface area contributed by atoms with Gasteiger partial charge in [-0.25, -0.2) is 0 Å². The molecule has 2 atom stereocenters. The van der Waals surface area contributed by atoms with E-state index in [0.29, 0.717) is 19.2 Å². The third-order valence-electron chi connectivity index (χ3n) is 4.30. The number of benzene rings is 2. The highest BCUT2D eigenvalue weighted by atomic mass is 35.5. The third kappa shape index (κ3) is 8.15. The van der Waals surface area contributed by atoms with Gasteiger partial charge in [0.2, 0.25) is 7.37 Å². The maximum atomic E-state index is 13.5. The second-order valence-corrected chi connectivity index (χ2v) is 9.18. The van der Waals surface area contributed by atoms with Crippen molar-refractivity contribution in [2.45, 2.75) is 38.6 Å². The minimum absolute atomic E-state index is 0. The summed E-state index contributed by atoms with van der Waals surface area (Å²) in [7, 11) is -3.15. The molecule has 0 amide bonds. The minimum Gasteiger partial charge on any atom is -0.466 e. The van der Waals surface area contributed by atoms with Gasteiger partial charge in [0, 0.05) is 12.6 Å². The summed E-state index contributed by atoms with van der Waals surface area (Å²) in [6, 6.07) is 19.4. The molecule has 0 spiro atoms. The Kier molecular flexibility index (Phi) is 11.1. The molecule has 2 N–H and O–H groups in total. The number of esters is 1. The number of halogens is 1. The highest BCUT2D eigenvalue weighted by Gasteiger charge is 2.31. The van der Waals surface area contributed by atoms with Crippen LogP contribution < -0.4 is 5.73 Å². The lowest BCUT2D eigenvalue weighted by Gasteiger charge is -2.25. The molecule has 0 fully saturated rings. The standard InChI is InChI=1S/C21H28NO4P.ClH/c1-2-25-21(23)14-13-20(22)27(24,16-15-18-9-5-3-6-10-18)26-17-19-11-7-4-8-12-19;/h3-12,20H,2,13-17,22H2,1H3;1H. The minimum atomic E-state index is -3.15. The van der Waals surface area contributed by atoms with E-state index in [0.717, 1.165) is 11.1 Å². The van der Waals surface area contributed by atoms with Gasteiger partial charge in [0.1, 0.15) is 0 Å². The third-order valence-corrected chi connectivity index (χ3v) is 6.98. The molecule has 0 saturated carbocycles. The predicted molar refractivity (Wildman–Crippen MR) is 115 cm³/mol. The molecule has 0 bridgehead atoms. The summed E-state index contributed by atoms with van der Waals surface area (Å²) in [6.45, 7) is 2.32. The molecule has 0 heterocycles. The molecule has 2 aromatic rings. The maximum absolute atomic E-state index is 13.5. The van der Waals surface area contributed by atoms with Crippen molar-refractivity contribution in [3.63, 3.8) is 0 Å². The van der Waals surface area contributed by atoms with E-state index in [2.05, 4.69) is 0 Å². The molecule has 7 heteroatoms. The maximum Gasteiger partial charge on any atom is 0.305 e. The van der Waals surface area contributed by atoms with Crippen LogP contribution in [0.2, 0.25) is 0 Å². The zero-order valence-electron chi connectivity index (χ0n) is 16.2. The normalized spacial score (nSPS) is 13.8. The van der Waals surface area contributed by atoms with Gasteiger partial charge in [0.15, 0.2) is 0 Å². The number of rotatable bonds is 11. The lowest BCUT2D eigenvalue weighted by Crippen LogP contribution is -2.25. The summed E-state index contributed by atoms with van der Waals surface area (Å²) in [5.74, 6) is -1.03. The van der Waals surface area contributed by atoms with Crippen LogP contribution >= 0.6 is 19.8 Å². The van der Waals surface area contributed by atoms with Crippen LogP contribution in [0.15, 0.2) is 60.7 Å². The highest BCUT2D eigenvalue weighted by molar-refractivity contribution is 7.59. The van der Waals surface area contributed by atoms with Crippen LogP contribution in [0.4, 0.5) is 0 Å². The Balaban J connectivity index is 0.00000392. The lowest BCUT2D eigenvalue weighted by atomic mass is 10.2. The van der Waals surface area contributed by atoms with E-state index in [1.807, 2.05) is 60.7 Å². The zero-order chi connectivity index (χ0) is 19.5. The Morgan fingerprint density at radius 1 is 1.04 bits per heavy atom. The van der Waals surface area contributed by atoms with Gasteiger partial charge in [-0.15, -0.1) is 12.4 Å². The summed E-state index contributed by atoms with van der Waals surface area (Å²) >= 11 is 0. The van der Waals surface area contributed by atoms with Crippen LogP contribution in [0.1, 0.15) is 30.9 Å². The molecule has 5 nitrogen and oxygen atoms in total. The first kappa shape index (κ1) is 24.4. The van der Waals surface area contributed by atoms with E-state index in [1.165, 1.54) is 0 Å². The van der Waals surface area contributed by atoms with Gasteiger partial charge >= 0.3 is 5.97 Å². The first-order valence-electron chi connectivity index (χ1n) is 9.26. The average molecular weight is 426 g/mol. The second kappa shape index (κ2) is 12.7. The van der Waals surface area contributed by atoms with Gasteiger partial charge in [-0.3, -0.25) is 9.36 Å². The Hall–Kier alpha value is -1.65. The van der Waals surface area contributed by atoms with E-state index in [1.54, 1.807) is 6.92 Å². The number of aryl methyl sites for hydroxylation is 1. The lowest BCUT2D eigenvalue weighted by molar-refractivity contribution is -0.143. The van der Waals surface area contributed by atoms with Crippen LogP contribution in [-0.4, -0.2) is 24.5 Å². The molecular formula is C21H29ClNO4P. The molecule has 0 radical (unpaired) electrons. The Labute approximate surface area is 173 Å². The molecule has 2 aromatic carbocycles. The first-order chi connectivity index (χ1) is 13.0. The fourth-order valence-electron chi connectivity index (χ4n) is 2.71. The van der Waals surface area contributed by atoms with Crippen molar-refractivity contribution in [1.82, 2.24) is 0 Å². The number of nitrogens with two attached hydrogens (primary N) is 1. The zero-order valence-corrected chi connectivity index (χ0v) is 17.9. The molecule has 0 saturated heterocycles. The topological polar surface area (TPSA) is 78.6 Å². The van der Waals surface area contributed by atoms with Crippen molar-refractivity contribution >= 4 is 25.7 Å². The van der Waals surface area contributed by atoms with Crippen molar-refractivity contribution in [3.8, 4) is 0 Å². The van der Waals surface area contributed by atoms with Gasteiger partial charge in [-0.2, -0.15) is 0 Å². The van der Waals surface area contributed by atoms with Crippen LogP contribution in [-0.2, 0) is 31.6 Å². The quantitative estimate of drug-likeness (QED) is 0.414. The molecule has 0 aliphatic rings. The number of ether oxygens (including phenoxy) is 1. The van der Waals surface area contributed by atoms with Gasteiger partial charge < -0.3 is 15.0 Å². The molecule has 28 heavy (non-hydrogen) atoms. The van der Waals surface area contributed by atoms with Gasteiger partial charge in [-0.05, 0) is 30.9 Å². The monoisotopic (exact) mass is 425 g/mol. The number of hydrogen-bond acceptors (Lipinski definition) is 5. The summed E-state index contributed by atoms with van der Waals surface area (Å²) in [6.07, 6.45) is 1.37. The van der Waals surface area contributed by atoms with E-state index < -0.39 is 13.2 Å². The number of hydrogen-bond donors (Lipinski definition) is 1. The fourth-order valence-corrected chi connectivity index (χ4v) is 4.82. The summed E-state index contributed by atoms with van der Waals surface area (Å²) in [4.78, 5) is 11.6. The molecule has 154 valence electrons. The Bertz CT molecular complexity index is 695. The number of carbonyl (C=O) groups excluding carboxylic acids is 1. The SMILES string of the molecule is CCOC(=O)CCC(N)P(=O)(CCc1ccccc1)OCc1ccccc1.Cl. The molecule has 0 aliphatic carbocycles. The van der Waals surface area contributed by atoms with E-state index in [4.69, 9.17) is 15.0 Å². The molecule has 2 rings (SSSR count). The van der Waals surface area contributed by atoms with Crippen LogP contribution in [0, 0.1) is 0 Å². The van der Waals surface area contributed by atoms with Crippen molar-refractivity contribution in [1.29, 1.82) is 0 Å². The smallest absolute Gasteiger partial charge is 0.305 e. The van der Waals surface area contributed by atoms with Crippen LogP contribution in [0.25, 0.3) is 0 Å². The molecule has 2 unspecified atom stereocenters. The summed E-state index contributed by atoms with van der Waals surface area (Å²) in [5, 5.41) is 0. The van der Waals surface area contributed by atoms with Crippen LogP contribution in [0.5, 0.6) is 0 Å². The Morgan fingerprint density at radius 2 is 1.61 bits per heavy atom. The van der Waals surface area contributed by atoms with E-state index >= 15 is 0 Å². The molecule has 0 aromatic heterocycles. The van der Waals surface area contributed by atoms with Crippen LogP contribution in [0.3, 0.4) is 0 Å². The van der Waals surface area contributed by atoms with Gasteiger partial charge in [0.25, 0.3) is 0 Å². The number of carbonyl (C=O) groups is 1. The summed E-state index contributed by atoms with van der Waals surface area (Å²) < 4.78 is 24.3. The summed E-state index contributed by atoms with van der Waals surface area (Å²) in [5.41, 5.74) is 8.25. The van der Waals surface area contributed by atoms with Crippen molar-refractivity contribution < 1.29 is 18.6 Å². The second-order valence-electron chi connectivity index (χ2n) is 6.36. The van der Waals surface area contributed by atoms with Crippen molar-refractivity contribution in [2.75, 3.05) is 12.8 Å². The predicted octanol–water partition coefficient (Wildman–Crippen LogP) is 4.77. The average Bonchev–Trinajstić information content (AvgIpc) is 2.71. The fraction of sp³-hybridized carbons (Fsp3) is 0.381. The van der Waals surface area contributed by atoms with Crippen molar-refractivity contribution in [3.05, 3.63) is 71.8 Å². The van der Waals surface area contributed by atoms with Crippen molar-refractivity contribution in [2.24, 2.45) is 5.73 Å².